The third kappa shape index (κ3) is 5.16. The van der Waals surface area contributed by atoms with Crippen molar-refractivity contribution in [3.05, 3.63) is 35.4 Å². The first-order valence-electron chi connectivity index (χ1n) is 18.5. The molecule has 0 bridgehead atoms. The number of carboxylic acids is 1. The largest absolute Gasteiger partial charge is 0.493 e. The molecule has 1 aromatic carbocycles. The van der Waals surface area contributed by atoms with Crippen LogP contribution < -0.4 is 14.2 Å². The summed E-state index contributed by atoms with van der Waals surface area (Å²) in [5.74, 6) is 0.695. The van der Waals surface area contributed by atoms with Crippen LogP contribution >= 0.6 is 0 Å². The van der Waals surface area contributed by atoms with Gasteiger partial charge in [-0.1, -0.05) is 47.1 Å². The lowest BCUT2D eigenvalue weighted by molar-refractivity contribution is -0.209. The summed E-state index contributed by atoms with van der Waals surface area (Å²) in [6.45, 7) is 15.8. The molecule has 0 amide bonds. The quantitative estimate of drug-likeness (QED) is 0.224. The molecule has 8 nitrogen and oxygen atoms in total. The van der Waals surface area contributed by atoms with Gasteiger partial charge in [-0.3, -0.25) is 9.59 Å². The maximum Gasteiger partial charge on any atom is 0.331 e. The van der Waals surface area contributed by atoms with Gasteiger partial charge in [-0.05, 0) is 122 Å². The molecule has 4 fully saturated rings. The second-order valence-corrected chi connectivity index (χ2v) is 18.1. The van der Waals surface area contributed by atoms with Gasteiger partial charge in [0.2, 0.25) is 5.75 Å². The van der Waals surface area contributed by atoms with Crippen LogP contribution in [-0.4, -0.2) is 50.3 Å². The molecular weight excluding hydrogens is 632 g/mol. The van der Waals surface area contributed by atoms with Gasteiger partial charge >= 0.3 is 11.9 Å². The van der Waals surface area contributed by atoms with Crippen molar-refractivity contribution in [2.24, 2.45) is 50.2 Å². The Hall–Kier alpha value is -3.29. The molecule has 1 N–H and O–H groups in total. The average Bonchev–Trinajstić information content (AvgIpc) is 3.06. The summed E-state index contributed by atoms with van der Waals surface area (Å²) < 4.78 is 22.7. The number of rotatable bonds is 7. The minimum absolute atomic E-state index is 0.0217. The highest BCUT2D eigenvalue weighted by atomic mass is 16.5. The Morgan fingerprint density at radius 2 is 1.52 bits per heavy atom. The SMILES string of the molecule is COc1ccc(/C=C/C(=O)O[C@H]2CC[C@]3(C)[C@H]4C(=O)C=C5[C@H]6C[C@@](C)(C(=O)O)CC[C@]6(C)CC[C@@]5(C)[C@]4(C)CC[C@H]3C2(C)C)c(OC)c1OC. The van der Waals surface area contributed by atoms with Crippen LogP contribution in [0.25, 0.3) is 6.08 Å². The summed E-state index contributed by atoms with van der Waals surface area (Å²) in [7, 11) is 4.66. The minimum atomic E-state index is -0.768. The molecule has 0 spiro atoms. The number of aliphatic carboxylic acids is 1. The van der Waals surface area contributed by atoms with Crippen molar-refractivity contribution in [3.8, 4) is 17.2 Å². The highest BCUT2D eigenvalue weighted by Crippen LogP contribution is 2.75. The van der Waals surface area contributed by atoms with Gasteiger partial charge in [-0.2, -0.15) is 0 Å². The standard InChI is InChI=1S/C42H58O8/c1-37(2)30-15-18-42(7)35(28(43)23-26-27-24-39(4,36(45)46)20-19-38(27,3)21-22-41(26,42)6)40(30,5)17-16-31(37)50-32(44)14-12-25-11-13-29(47-8)34(49-10)33(25)48-9/h11-14,23,27,30-31,35H,15-22,24H2,1-10H3,(H,45,46)/b14-12+/t27-,30+,31+,35-,38-,39+,40+,41-,42-/m1/s1. The Labute approximate surface area is 298 Å². The van der Waals surface area contributed by atoms with Gasteiger partial charge in [-0.25, -0.2) is 4.79 Å². The molecule has 0 unspecified atom stereocenters. The fraction of sp³-hybridized carbons (Fsp3) is 0.690. The average molecular weight is 691 g/mol. The van der Waals surface area contributed by atoms with E-state index in [1.807, 2.05) is 19.1 Å². The third-order valence-electron chi connectivity index (χ3n) is 15.4. The summed E-state index contributed by atoms with van der Waals surface area (Å²) in [4.78, 5) is 40.5. The van der Waals surface area contributed by atoms with Crippen molar-refractivity contribution in [2.75, 3.05) is 21.3 Å². The zero-order valence-corrected chi connectivity index (χ0v) is 31.9. The molecule has 0 aliphatic heterocycles. The van der Waals surface area contributed by atoms with Gasteiger partial charge in [0.25, 0.3) is 0 Å². The number of methoxy groups -OCH3 is 3. The predicted molar refractivity (Wildman–Crippen MR) is 192 cm³/mol. The Morgan fingerprint density at radius 1 is 0.840 bits per heavy atom. The second kappa shape index (κ2) is 12.2. The lowest BCUT2D eigenvalue weighted by Crippen LogP contribution is -2.66. The lowest BCUT2D eigenvalue weighted by Gasteiger charge is -2.70. The van der Waals surface area contributed by atoms with Crippen molar-refractivity contribution < 1.29 is 38.4 Å². The van der Waals surface area contributed by atoms with E-state index < -0.39 is 17.4 Å². The molecule has 0 saturated heterocycles. The monoisotopic (exact) mass is 690 g/mol. The van der Waals surface area contributed by atoms with Gasteiger partial charge in [0.1, 0.15) is 6.10 Å². The van der Waals surface area contributed by atoms with E-state index in [1.54, 1.807) is 33.5 Å². The number of esters is 1. The Kier molecular flexibility index (Phi) is 8.87. The van der Waals surface area contributed by atoms with Crippen molar-refractivity contribution >= 4 is 23.8 Å². The summed E-state index contributed by atoms with van der Waals surface area (Å²) in [5.41, 5.74) is 0.135. The van der Waals surface area contributed by atoms with E-state index in [1.165, 1.54) is 11.6 Å². The summed E-state index contributed by atoms with van der Waals surface area (Å²) in [6.07, 6.45) is 12.4. The molecule has 8 heteroatoms. The van der Waals surface area contributed by atoms with Gasteiger partial charge in [0.05, 0.1) is 26.7 Å². The first-order valence-corrected chi connectivity index (χ1v) is 18.5. The predicted octanol–water partition coefficient (Wildman–Crippen LogP) is 8.70. The maximum absolute atomic E-state index is 14.7. The fourth-order valence-corrected chi connectivity index (χ4v) is 12.2. The molecule has 50 heavy (non-hydrogen) atoms. The zero-order valence-electron chi connectivity index (χ0n) is 31.9. The van der Waals surface area contributed by atoms with E-state index in [0.29, 0.717) is 42.1 Å². The number of fused-ring (bicyclic) bond motifs is 7. The molecule has 5 aliphatic rings. The highest BCUT2D eigenvalue weighted by molar-refractivity contribution is 5.96. The van der Waals surface area contributed by atoms with Crippen molar-refractivity contribution in [1.29, 1.82) is 0 Å². The Morgan fingerprint density at radius 3 is 2.16 bits per heavy atom. The Bertz CT molecular complexity index is 1640. The maximum atomic E-state index is 14.7. The Balaban J connectivity index is 1.26. The molecule has 0 radical (unpaired) electrons. The zero-order chi connectivity index (χ0) is 36.7. The number of carboxylic acid groups (broad SMARTS) is 1. The number of ketones is 1. The summed E-state index contributed by atoms with van der Waals surface area (Å²) >= 11 is 0. The van der Waals surface area contributed by atoms with Gasteiger partial charge in [-0.15, -0.1) is 0 Å². The smallest absolute Gasteiger partial charge is 0.331 e. The molecule has 5 aliphatic carbocycles. The van der Waals surface area contributed by atoms with Crippen molar-refractivity contribution in [2.45, 2.75) is 112 Å². The molecule has 0 heterocycles. The molecule has 9 atom stereocenters. The van der Waals surface area contributed by atoms with E-state index in [0.717, 1.165) is 38.5 Å². The van der Waals surface area contributed by atoms with Gasteiger partial charge < -0.3 is 24.1 Å². The first kappa shape index (κ1) is 36.5. The number of benzene rings is 1. The van der Waals surface area contributed by atoms with Crippen LogP contribution in [0, 0.1) is 50.2 Å². The van der Waals surface area contributed by atoms with Gasteiger partial charge in [0, 0.05) is 23.0 Å². The fourth-order valence-electron chi connectivity index (χ4n) is 12.2. The van der Waals surface area contributed by atoms with E-state index in [-0.39, 0.29) is 56.7 Å². The van der Waals surface area contributed by atoms with Crippen LogP contribution in [0.5, 0.6) is 17.2 Å². The highest BCUT2D eigenvalue weighted by Gasteiger charge is 2.70. The van der Waals surface area contributed by atoms with Crippen LogP contribution in [0.4, 0.5) is 0 Å². The molecule has 4 saturated carbocycles. The number of hydrogen-bond donors (Lipinski definition) is 1. The van der Waals surface area contributed by atoms with Crippen molar-refractivity contribution in [1.82, 2.24) is 0 Å². The van der Waals surface area contributed by atoms with Crippen molar-refractivity contribution in [3.63, 3.8) is 0 Å². The van der Waals surface area contributed by atoms with Crippen LogP contribution in [0.3, 0.4) is 0 Å². The van der Waals surface area contributed by atoms with Crippen LogP contribution in [0.1, 0.15) is 112 Å². The normalized spacial score (nSPS) is 40.4. The van der Waals surface area contributed by atoms with E-state index in [2.05, 4.69) is 41.5 Å². The lowest BCUT2D eigenvalue weighted by atomic mass is 9.33. The van der Waals surface area contributed by atoms with E-state index in [9.17, 15) is 19.5 Å². The number of ether oxygens (including phenoxy) is 4. The molecule has 6 rings (SSSR count). The molecule has 274 valence electrons. The minimum Gasteiger partial charge on any atom is -0.493 e. The molecule has 0 aromatic heterocycles. The number of carbonyl (C=O) groups excluding carboxylic acids is 2. The molecule has 1 aromatic rings. The second-order valence-electron chi connectivity index (χ2n) is 18.1. The first-order chi connectivity index (χ1) is 23.3. The van der Waals surface area contributed by atoms with Crippen LogP contribution in [0.2, 0.25) is 0 Å². The number of allylic oxidation sites excluding steroid dienone is 2. The van der Waals surface area contributed by atoms with Crippen LogP contribution in [-0.2, 0) is 19.1 Å². The summed E-state index contributed by atoms with van der Waals surface area (Å²) in [5, 5.41) is 10.2. The number of carbonyl (C=O) groups is 3. The topological polar surface area (TPSA) is 108 Å². The van der Waals surface area contributed by atoms with E-state index in [4.69, 9.17) is 18.9 Å². The third-order valence-corrected chi connectivity index (χ3v) is 15.4. The van der Waals surface area contributed by atoms with Gasteiger partial charge in [0.15, 0.2) is 17.3 Å². The number of hydrogen-bond acceptors (Lipinski definition) is 7. The summed E-state index contributed by atoms with van der Waals surface area (Å²) in [6, 6.07) is 3.58. The van der Waals surface area contributed by atoms with E-state index >= 15 is 0 Å². The van der Waals surface area contributed by atoms with Crippen LogP contribution in [0.15, 0.2) is 29.9 Å². The molecular formula is C42H58O8.